The lowest BCUT2D eigenvalue weighted by Crippen LogP contribution is -2.42. The molecule has 1 rings (SSSR count). The average molecular weight is 249 g/mol. The van der Waals surface area contributed by atoms with Crippen LogP contribution < -0.4 is 0 Å². The highest BCUT2D eigenvalue weighted by Crippen LogP contribution is 2.11. The fourth-order valence-electron chi connectivity index (χ4n) is 1.71. The number of rotatable bonds is 6. The molecular weight excluding hydrogens is 230 g/mol. The maximum atomic E-state index is 12.0. The second-order valence-corrected chi connectivity index (χ2v) is 4.27. The van der Waals surface area contributed by atoms with Gasteiger partial charge in [0.05, 0.1) is 0 Å². The predicted octanol–water partition coefficient (Wildman–Crippen LogP) is 2.29. The first-order valence-corrected chi connectivity index (χ1v) is 6.12. The Morgan fingerprint density at radius 1 is 1.28 bits per heavy atom. The monoisotopic (exact) mass is 249 g/mol. The second kappa shape index (κ2) is 6.79. The van der Waals surface area contributed by atoms with Gasteiger partial charge in [0.2, 0.25) is 5.91 Å². The van der Waals surface area contributed by atoms with E-state index in [0.717, 1.165) is 12.0 Å². The Morgan fingerprint density at radius 3 is 2.39 bits per heavy atom. The van der Waals surface area contributed by atoms with Crippen molar-refractivity contribution in [3.8, 4) is 0 Å². The SMILES string of the molecule is CCCC(=O)N(Cc1ccccc1)C(C)C(=O)O. The summed E-state index contributed by atoms with van der Waals surface area (Å²) in [7, 11) is 0. The molecule has 1 N–H and O–H groups in total. The summed E-state index contributed by atoms with van der Waals surface area (Å²) in [5, 5.41) is 9.05. The maximum absolute atomic E-state index is 12.0. The molecule has 18 heavy (non-hydrogen) atoms. The first kappa shape index (κ1) is 14.2. The molecule has 0 heterocycles. The molecule has 0 saturated carbocycles. The summed E-state index contributed by atoms with van der Waals surface area (Å²) in [4.78, 5) is 24.4. The fourth-order valence-corrected chi connectivity index (χ4v) is 1.71. The standard InChI is InChI=1S/C14H19NO3/c1-3-7-13(16)15(11(2)14(17)18)10-12-8-5-4-6-9-12/h4-6,8-9,11H,3,7,10H2,1-2H3,(H,17,18). The summed E-state index contributed by atoms with van der Waals surface area (Å²) in [6.07, 6.45) is 1.10. The Balaban J connectivity index is 2.84. The molecular formula is C14H19NO3. The predicted molar refractivity (Wildman–Crippen MR) is 69.0 cm³/mol. The molecule has 98 valence electrons. The van der Waals surface area contributed by atoms with Gasteiger partial charge >= 0.3 is 5.97 Å². The Kier molecular flexibility index (Phi) is 5.36. The molecule has 0 aromatic heterocycles. The molecule has 1 unspecified atom stereocenters. The Bertz CT molecular complexity index is 403. The van der Waals surface area contributed by atoms with E-state index in [9.17, 15) is 9.59 Å². The lowest BCUT2D eigenvalue weighted by Gasteiger charge is -2.26. The van der Waals surface area contributed by atoms with Crippen molar-refractivity contribution in [2.45, 2.75) is 39.3 Å². The van der Waals surface area contributed by atoms with E-state index in [-0.39, 0.29) is 5.91 Å². The van der Waals surface area contributed by atoms with Crippen LogP contribution in [0.4, 0.5) is 0 Å². The van der Waals surface area contributed by atoms with Gasteiger partial charge in [-0.15, -0.1) is 0 Å². The molecule has 1 atom stereocenters. The lowest BCUT2D eigenvalue weighted by molar-refractivity contribution is -0.150. The fraction of sp³-hybridized carbons (Fsp3) is 0.429. The van der Waals surface area contributed by atoms with E-state index < -0.39 is 12.0 Å². The molecule has 0 radical (unpaired) electrons. The van der Waals surface area contributed by atoms with Gasteiger partial charge in [-0.2, -0.15) is 0 Å². The second-order valence-electron chi connectivity index (χ2n) is 4.27. The van der Waals surface area contributed by atoms with E-state index in [4.69, 9.17) is 5.11 Å². The topological polar surface area (TPSA) is 57.6 Å². The zero-order valence-corrected chi connectivity index (χ0v) is 10.8. The quantitative estimate of drug-likeness (QED) is 0.841. The number of benzene rings is 1. The third kappa shape index (κ3) is 3.87. The Morgan fingerprint density at radius 2 is 1.89 bits per heavy atom. The number of amides is 1. The van der Waals surface area contributed by atoms with Gasteiger partial charge in [0, 0.05) is 13.0 Å². The first-order valence-electron chi connectivity index (χ1n) is 6.12. The zero-order valence-electron chi connectivity index (χ0n) is 10.8. The molecule has 0 bridgehead atoms. The van der Waals surface area contributed by atoms with E-state index in [0.29, 0.717) is 13.0 Å². The van der Waals surface area contributed by atoms with Crippen LogP contribution in [0.25, 0.3) is 0 Å². The van der Waals surface area contributed by atoms with Crippen LogP contribution in [0.5, 0.6) is 0 Å². The zero-order chi connectivity index (χ0) is 13.5. The van der Waals surface area contributed by atoms with Gasteiger partial charge in [-0.25, -0.2) is 4.79 Å². The highest BCUT2D eigenvalue weighted by molar-refractivity contribution is 5.83. The molecule has 1 aromatic rings. The first-order chi connectivity index (χ1) is 8.56. The van der Waals surface area contributed by atoms with Crippen LogP contribution in [0.1, 0.15) is 32.3 Å². The van der Waals surface area contributed by atoms with Gasteiger partial charge < -0.3 is 10.0 Å². The number of carboxylic acid groups (broad SMARTS) is 1. The van der Waals surface area contributed by atoms with Gasteiger partial charge in [-0.1, -0.05) is 37.3 Å². The van der Waals surface area contributed by atoms with Crippen molar-refractivity contribution in [3.05, 3.63) is 35.9 Å². The van der Waals surface area contributed by atoms with E-state index in [1.807, 2.05) is 37.3 Å². The summed E-state index contributed by atoms with van der Waals surface area (Å²) in [6.45, 7) is 3.79. The van der Waals surface area contributed by atoms with Crippen molar-refractivity contribution in [1.29, 1.82) is 0 Å². The molecule has 1 aromatic carbocycles. The molecule has 0 spiro atoms. The van der Waals surface area contributed by atoms with Gasteiger partial charge in [-0.05, 0) is 18.9 Å². The largest absolute Gasteiger partial charge is 0.480 e. The normalized spacial score (nSPS) is 11.9. The van der Waals surface area contributed by atoms with Crippen molar-refractivity contribution in [3.63, 3.8) is 0 Å². The van der Waals surface area contributed by atoms with Crippen LogP contribution in [-0.2, 0) is 16.1 Å². The molecule has 0 aliphatic carbocycles. The van der Waals surface area contributed by atoms with E-state index in [2.05, 4.69) is 0 Å². The minimum Gasteiger partial charge on any atom is -0.480 e. The third-order valence-electron chi connectivity index (χ3n) is 2.80. The summed E-state index contributed by atoms with van der Waals surface area (Å²) < 4.78 is 0. The summed E-state index contributed by atoms with van der Waals surface area (Å²) in [5.41, 5.74) is 0.940. The minimum absolute atomic E-state index is 0.115. The van der Waals surface area contributed by atoms with Crippen molar-refractivity contribution in [2.24, 2.45) is 0 Å². The van der Waals surface area contributed by atoms with Gasteiger partial charge in [-0.3, -0.25) is 4.79 Å². The van der Waals surface area contributed by atoms with Gasteiger partial charge in [0.1, 0.15) is 6.04 Å². The molecule has 0 saturated heterocycles. The molecule has 0 aliphatic rings. The van der Waals surface area contributed by atoms with Gasteiger partial charge in [0.15, 0.2) is 0 Å². The van der Waals surface area contributed by atoms with Crippen molar-refractivity contribution in [1.82, 2.24) is 4.90 Å². The number of carbonyl (C=O) groups excluding carboxylic acids is 1. The van der Waals surface area contributed by atoms with Crippen LogP contribution in [0, 0.1) is 0 Å². The van der Waals surface area contributed by atoms with Crippen LogP contribution in [0.2, 0.25) is 0 Å². The highest BCUT2D eigenvalue weighted by Gasteiger charge is 2.24. The smallest absolute Gasteiger partial charge is 0.326 e. The lowest BCUT2D eigenvalue weighted by atomic mass is 10.1. The number of nitrogens with zero attached hydrogens (tertiary/aromatic N) is 1. The van der Waals surface area contributed by atoms with E-state index >= 15 is 0 Å². The molecule has 4 heteroatoms. The molecule has 4 nitrogen and oxygen atoms in total. The molecule has 1 amide bonds. The summed E-state index contributed by atoms with van der Waals surface area (Å²) >= 11 is 0. The van der Waals surface area contributed by atoms with Crippen molar-refractivity contribution >= 4 is 11.9 Å². The van der Waals surface area contributed by atoms with Crippen LogP contribution in [0.3, 0.4) is 0 Å². The number of carbonyl (C=O) groups is 2. The molecule has 0 aliphatic heterocycles. The molecule has 0 fully saturated rings. The number of aliphatic carboxylic acids is 1. The summed E-state index contributed by atoms with van der Waals surface area (Å²) in [5.74, 6) is -1.09. The highest BCUT2D eigenvalue weighted by atomic mass is 16.4. The van der Waals surface area contributed by atoms with E-state index in [1.54, 1.807) is 6.92 Å². The minimum atomic E-state index is -0.976. The number of hydrogen-bond acceptors (Lipinski definition) is 2. The maximum Gasteiger partial charge on any atom is 0.326 e. The Labute approximate surface area is 107 Å². The number of carboxylic acids is 1. The third-order valence-corrected chi connectivity index (χ3v) is 2.80. The number of hydrogen-bond donors (Lipinski definition) is 1. The van der Waals surface area contributed by atoms with Crippen molar-refractivity contribution in [2.75, 3.05) is 0 Å². The Hall–Kier alpha value is -1.84. The van der Waals surface area contributed by atoms with Crippen LogP contribution in [0.15, 0.2) is 30.3 Å². The van der Waals surface area contributed by atoms with Crippen LogP contribution >= 0.6 is 0 Å². The summed E-state index contributed by atoms with van der Waals surface area (Å²) in [6, 6.07) is 8.63. The average Bonchev–Trinajstić information content (AvgIpc) is 2.36. The van der Waals surface area contributed by atoms with E-state index in [1.165, 1.54) is 4.90 Å². The van der Waals surface area contributed by atoms with Gasteiger partial charge in [0.25, 0.3) is 0 Å². The van der Waals surface area contributed by atoms with Crippen molar-refractivity contribution < 1.29 is 14.7 Å². The van der Waals surface area contributed by atoms with Crippen LogP contribution in [-0.4, -0.2) is 27.9 Å².